The topological polar surface area (TPSA) is 55.1 Å². The van der Waals surface area contributed by atoms with Crippen molar-refractivity contribution in [3.63, 3.8) is 0 Å². The lowest BCUT2D eigenvalue weighted by Crippen LogP contribution is -2.41. The molecule has 0 aromatic carbocycles. The molecular formula is C11H18N2OS. The second-order valence-corrected chi connectivity index (χ2v) is 4.35. The molecule has 0 unspecified atom stereocenters. The van der Waals surface area contributed by atoms with Gasteiger partial charge < -0.3 is 11.1 Å². The van der Waals surface area contributed by atoms with E-state index in [4.69, 9.17) is 5.73 Å². The first-order valence-electron chi connectivity index (χ1n) is 5.28. The van der Waals surface area contributed by atoms with Gasteiger partial charge in [0.2, 0.25) is 5.91 Å². The van der Waals surface area contributed by atoms with Crippen LogP contribution in [-0.2, 0) is 11.2 Å². The molecule has 3 N–H and O–H groups in total. The third-order valence-corrected chi connectivity index (χ3v) is 2.96. The molecule has 0 saturated carbocycles. The molecule has 84 valence electrons. The Balaban J connectivity index is 2.17. The number of nitrogens with two attached hydrogens (primary N) is 1. The number of carbonyl (C=O) groups is 1. The van der Waals surface area contributed by atoms with Gasteiger partial charge in [-0.15, -0.1) is 0 Å². The van der Waals surface area contributed by atoms with Gasteiger partial charge in [-0.1, -0.05) is 13.3 Å². The minimum atomic E-state index is -0.350. The Hall–Kier alpha value is -0.870. The molecule has 0 spiro atoms. The van der Waals surface area contributed by atoms with E-state index in [-0.39, 0.29) is 11.9 Å². The minimum Gasteiger partial charge on any atom is -0.354 e. The molecule has 0 aliphatic rings. The van der Waals surface area contributed by atoms with E-state index in [9.17, 15) is 4.79 Å². The van der Waals surface area contributed by atoms with E-state index in [0.717, 1.165) is 19.3 Å². The second-order valence-electron chi connectivity index (χ2n) is 3.57. The van der Waals surface area contributed by atoms with Crippen LogP contribution in [0.2, 0.25) is 0 Å². The number of carbonyl (C=O) groups excluding carboxylic acids is 1. The summed E-state index contributed by atoms with van der Waals surface area (Å²) in [6.45, 7) is 2.70. The second kappa shape index (κ2) is 6.58. The molecule has 0 saturated heterocycles. The van der Waals surface area contributed by atoms with Crippen LogP contribution >= 0.6 is 11.3 Å². The molecule has 1 heterocycles. The monoisotopic (exact) mass is 226 g/mol. The van der Waals surface area contributed by atoms with Crippen molar-refractivity contribution in [2.24, 2.45) is 5.73 Å². The van der Waals surface area contributed by atoms with E-state index in [1.165, 1.54) is 5.56 Å². The molecule has 4 heteroatoms. The zero-order chi connectivity index (χ0) is 11.1. The summed E-state index contributed by atoms with van der Waals surface area (Å²) in [6.07, 6.45) is 2.58. The normalized spacial score (nSPS) is 12.4. The summed E-state index contributed by atoms with van der Waals surface area (Å²) in [7, 11) is 0. The van der Waals surface area contributed by atoms with Crippen LogP contribution in [0.3, 0.4) is 0 Å². The number of thiophene rings is 1. The fourth-order valence-corrected chi connectivity index (χ4v) is 2.04. The van der Waals surface area contributed by atoms with E-state index in [1.807, 2.05) is 12.3 Å². The van der Waals surface area contributed by atoms with Crippen molar-refractivity contribution in [3.05, 3.63) is 22.4 Å². The Bertz CT molecular complexity index is 285. The fraction of sp³-hybridized carbons (Fsp3) is 0.545. The van der Waals surface area contributed by atoms with Gasteiger partial charge in [0.1, 0.15) is 0 Å². The van der Waals surface area contributed by atoms with E-state index in [1.54, 1.807) is 11.3 Å². The summed E-state index contributed by atoms with van der Waals surface area (Å²) >= 11 is 1.68. The molecule has 0 fully saturated rings. The Kier molecular flexibility index (Phi) is 5.36. The van der Waals surface area contributed by atoms with E-state index >= 15 is 0 Å². The quantitative estimate of drug-likeness (QED) is 0.773. The average Bonchev–Trinajstić information content (AvgIpc) is 2.71. The van der Waals surface area contributed by atoms with Crippen LogP contribution < -0.4 is 11.1 Å². The van der Waals surface area contributed by atoms with Gasteiger partial charge in [0.15, 0.2) is 0 Å². The maximum atomic E-state index is 11.4. The third-order valence-electron chi connectivity index (χ3n) is 2.23. The van der Waals surface area contributed by atoms with Crippen LogP contribution in [0.15, 0.2) is 16.8 Å². The summed E-state index contributed by atoms with van der Waals surface area (Å²) in [5.74, 6) is -0.0351. The standard InChI is InChI=1S/C11H18N2OS/c1-2-3-10(12)11(14)13-6-4-9-5-7-15-8-9/h5,7-8,10H,2-4,6,12H2,1H3,(H,13,14)/t10-/m0/s1. The highest BCUT2D eigenvalue weighted by Crippen LogP contribution is 2.05. The van der Waals surface area contributed by atoms with Gasteiger partial charge in [0.05, 0.1) is 6.04 Å². The molecule has 1 rings (SSSR count). The fourth-order valence-electron chi connectivity index (χ4n) is 1.34. The summed E-state index contributed by atoms with van der Waals surface area (Å²) in [5, 5.41) is 6.98. The Morgan fingerprint density at radius 3 is 3.07 bits per heavy atom. The van der Waals surface area contributed by atoms with Crippen LogP contribution in [-0.4, -0.2) is 18.5 Å². The summed E-state index contributed by atoms with van der Waals surface area (Å²) < 4.78 is 0. The van der Waals surface area contributed by atoms with Crippen molar-refractivity contribution in [2.45, 2.75) is 32.2 Å². The van der Waals surface area contributed by atoms with Crippen LogP contribution in [0.25, 0.3) is 0 Å². The van der Waals surface area contributed by atoms with Crippen molar-refractivity contribution in [1.82, 2.24) is 5.32 Å². The van der Waals surface area contributed by atoms with E-state index < -0.39 is 0 Å². The smallest absolute Gasteiger partial charge is 0.236 e. The SMILES string of the molecule is CCC[C@H](N)C(=O)NCCc1ccsc1. The molecule has 3 nitrogen and oxygen atoms in total. The van der Waals surface area contributed by atoms with Crippen molar-refractivity contribution < 1.29 is 4.79 Å². The zero-order valence-corrected chi connectivity index (χ0v) is 9.85. The minimum absolute atomic E-state index is 0.0351. The molecular weight excluding hydrogens is 208 g/mol. The van der Waals surface area contributed by atoms with Crippen molar-refractivity contribution in [3.8, 4) is 0 Å². The average molecular weight is 226 g/mol. The van der Waals surface area contributed by atoms with Crippen molar-refractivity contribution in [1.29, 1.82) is 0 Å². The number of hydrogen-bond acceptors (Lipinski definition) is 3. The van der Waals surface area contributed by atoms with Gasteiger partial charge in [-0.3, -0.25) is 4.79 Å². The lowest BCUT2D eigenvalue weighted by atomic mass is 10.1. The molecule has 0 aliphatic carbocycles. The van der Waals surface area contributed by atoms with Gasteiger partial charge >= 0.3 is 0 Å². The first-order valence-corrected chi connectivity index (χ1v) is 6.22. The maximum absolute atomic E-state index is 11.4. The lowest BCUT2D eigenvalue weighted by Gasteiger charge is -2.10. The Morgan fingerprint density at radius 1 is 1.67 bits per heavy atom. The van der Waals surface area contributed by atoms with Gasteiger partial charge in [-0.2, -0.15) is 11.3 Å². The summed E-state index contributed by atoms with van der Waals surface area (Å²) in [4.78, 5) is 11.4. The largest absolute Gasteiger partial charge is 0.354 e. The molecule has 1 amide bonds. The number of hydrogen-bond donors (Lipinski definition) is 2. The predicted molar refractivity (Wildman–Crippen MR) is 63.9 cm³/mol. The molecule has 0 aliphatic heterocycles. The molecule has 1 aromatic rings. The highest BCUT2D eigenvalue weighted by atomic mass is 32.1. The molecule has 0 bridgehead atoms. The van der Waals surface area contributed by atoms with Gasteiger partial charge in [0.25, 0.3) is 0 Å². The van der Waals surface area contributed by atoms with Crippen LogP contribution in [0.1, 0.15) is 25.3 Å². The van der Waals surface area contributed by atoms with Crippen molar-refractivity contribution in [2.75, 3.05) is 6.54 Å². The first kappa shape index (κ1) is 12.2. The molecule has 15 heavy (non-hydrogen) atoms. The highest BCUT2D eigenvalue weighted by molar-refractivity contribution is 7.07. The summed E-state index contributed by atoms with van der Waals surface area (Å²) in [6, 6.07) is 1.72. The number of rotatable bonds is 6. The zero-order valence-electron chi connectivity index (χ0n) is 9.03. The third kappa shape index (κ3) is 4.44. The van der Waals surface area contributed by atoms with E-state index in [0.29, 0.717) is 6.54 Å². The van der Waals surface area contributed by atoms with Crippen LogP contribution in [0.5, 0.6) is 0 Å². The Morgan fingerprint density at radius 2 is 2.47 bits per heavy atom. The first-order chi connectivity index (χ1) is 7.24. The molecule has 1 atom stereocenters. The Labute approximate surface area is 94.7 Å². The lowest BCUT2D eigenvalue weighted by molar-refractivity contribution is -0.122. The maximum Gasteiger partial charge on any atom is 0.236 e. The van der Waals surface area contributed by atoms with Gasteiger partial charge in [0, 0.05) is 6.54 Å². The highest BCUT2D eigenvalue weighted by Gasteiger charge is 2.10. The van der Waals surface area contributed by atoms with Gasteiger partial charge in [-0.05, 0) is 35.2 Å². The van der Waals surface area contributed by atoms with Gasteiger partial charge in [-0.25, -0.2) is 0 Å². The van der Waals surface area contributed by atoms with E-state index in [2.05, 4.69) is 16.8 Å². The molecule has 0 radical (unpaired) electrons. The molecule has 1 aromatic heterocycles. The number of amides is 1. The van der Waals surface area contributed by atoms with Crippen LogP contribution in [0, 0.1) is 0 Å². The van der Waals surface area contributed by atoms with Crippen molar-refractivity contribution >= 4 is 17.2 Å². The predicted octanol–water partition coefficient (Wildman–Crippen LogP) is 1.53. The van der Waals surface area contributed by atoms with Crippen LogP contribution in [0.4, 0.5) is 0 Å². The summed E-state index contributed by atoms with van der Waals surface area (Å²) in [5.41, 5.74) is 6.95. The number of nitrogens with one attached hydrogen (secondary N) is 1.